The second-order valence-electron chi connectivity index (χ2n) is 13.4. The lowest BCUT2D eigenvalue weighted by molar-refractivity contribution is -0.321. The van der Waals surface area contributed by atoms with Crippen molar-refractivity contribution in [3.8, 4) is 11.5 Å². The number of anilines is 1. The maximum atomic E-state index is 14.1. The number of amides is 4. The fourth-order valence-corrected chi connectivity index (χ4v) is 5.01. The molecule has 0 saturated heterocycles. The summed E-state index contributed by atoms with van der Waals surface area (Å²) in [6.45, 7) is 12.7. The molecule has 1 aliphatic heterocycles. The third-order valence-corrected chi connectivity index (χ3v) is 7.17. The molecule has 1 atom stereocenters. The van der Waals surface area contributed by atoms with Crippen LogP contribution < -0.4 is 14.8 Å². The molecule has 0 unspecified atom stereocenters. The highest BCUT2D eigenvalue weighted by molar-refractivity contribution is 6.07. The van der Waals surface area contributed by atoms with Gasteiger partial charge in [0.05, 0.1) is 36.6 Å². The van der Waals surface area contributed by atoms with E-state index in [1.807, 2.05) is 25.1 Å². The Kier molecular flexibility index (Phi) is 10.6. The smallest absolute Gasteiger partial charge is 0.472 e. The van der Waals surface area contributed by atoms with Crippen molar-refractivity contribution in [3.63, 3.8) is 0 Å². The number of ether oxygens (including phenoxy) is 2. The molecular weight excluding hydrogens is 594 g/mol. The van der Waals surface area contributed by atoms with E-state index in [0.717, 1.165) is 18.4 Å². The Balaban J connectivity index is 1.64. The molecule has 12 heteroatoms. The minimum atomic E-state index is -1.12. The second-order valence-corrected chi connectivity index (χ2v) is 13.4. The summed E-state index contributed by atoms with van der Waals surface area (Å²) >= 11 is 0. The van der Waals surface area contributed by atoms with Gasteiger partial charge in [-0.1, -0.05) is 18.2 Å². The number of methoxy groups -OCH3 is 1. The summed E-state index contributed by atoms with van der Waals surface area (Å²) < 4.78 is 11.3. The molecule has 0 spiro atoms. The number of carbonyl (C=O) groups excluding carboxylic acids is 4. The number of hydroxylamine groups is 2. The zero-order valence-electron chi connectivity index (χ0n) is 27.9. The van der Waals surface area contributed by atoms with E-state index < -0.39 is 29.2 Å². The van der Waals surface area contributed by atoms with Gasteiger partial charge in [0, 0.05) is 18.9 Å². The molecule has 1 aliphatic carbocycles. The number of fused-ring (bicyclic) bond motifs is 1. The summed E-state index contributed by atoms with van der Waals surface area (Å²) in [5.41, 5.74) is 0.621. The summed E-state index contributed by atoms with van der Waals surface area (Å²) in [4.78, 5) is 70.7. The van der Waals surface area contributed by atoms with Gasteiger partial charge in [0.25, 0.3) is 11.8 Å². The van der Waals surface area contributed by atoms with Gasteiger partial charge in [-0.15, -0.1) is 5.06 Å². The Morgan fingerprint density at radius 3 is 2.35 bits per heavy atom. The average molecular weight is 640 g/mol. The molecule has 250 valence electrons. The van der Waals surface area contributed by atoms with Gasteiger partial charge in [-0.05, 0) is 97.1 Å². The molecule has 0 radical (unpaired) electrons. The topological polar surface area (TPSA) is 133 Å². The Morgan fingerprint density at radius 2 is 1.74 bits per heavy atom. The largest absolute Gasteiger partial charge is 0.493 e. The van der Waals surface area contributed by atoms with Crippen molar-refractivity contribution in [2.45, 2.75) is 97.9 Å². The molecule has 1 fully saturated rings. The molecule has 0 aromatic heterocycles. The quantitative estimate of drug-likeness (QED) is 0.208. The lowest BCUT2D eigenvalue weighted by Gasteiger charge is -2.31. The SMILES string of the molecule is CCOc1cc([C@@H](CCC(=O)N(OC(C)(C)C)C(=O)OOC(C)(C)C)N2Cc3cccc(NC(=O)C4CC4)c3C2=O)ccc1OC. The maximum Gasteiger partial charge on any atom is 0.472 e. The molecule has 1 N–H and O–H groups in total. The number of hydrogen-bond acceptors (Lipinski definition) is 9. The molecular formula is C34H45N3O9. The van der Waals surface area contributed by atoms with E-state index in [4.69, 9.17) is 24.1 Å². The van der Waals surface area contributed by atoms with Crippen LogP contribution in [0.5, 0.6) is 11.5 Å². The second kappa shape index (κ2) is 14.1. The summed E-state index contributed by atoms with van der Waals surface area (Å²) in [5.74, 6) is -0.0816. The van der Waals surface area contributed by atoms with Crippen LogP contribution in [0.25, 0.3) is 0 Å². The van der Waals surface area contributed by atoms with Crippen LogP contribution in [-0.4, -0.2) is 58.7 Å². The van der Waals surface area contributed by atoms with Crippen LogP contribution in [0, 0.1) is 5.92 Å². The molecule has 2 aliphatic rings. The normalized spacial score (nSPS) is 15.2. The number of carbonyl (C=O) groups is 4. The fourth-order valence-electron chi connectivity index (χ4n) is 5.01. The fraction of sp³-hybridized carbons (Fsp3) is 0.529. The van der Waals surface area contributed by atoms with Crippen LogP contribution in [0.4, 0.5) is 10.5 Å². The summed E-state index contributed by atoms with van der Waals surface area (Å²) in [7, 11) is 1.54. The predicted octanol–water partition coefficient (Wildman–Crippen LogP) is 6.35. The van der Waals surface area contributed by atoms with Crippen LogP contribution >= 0.6 is 0 Å². The summed E-state index contributed by atoms with van der Waals surface area (Å²) in [5, 5.41) is 3.50. The highest BCUT2D eigenvalue weighted by Crippen LogP contribution is 2.40. The molecule has 1 heterocycles. The van der Waals surface area contributed by atoms with E-state index >= 15 is 0 Å². The van der Waals surface area contributed by atoms with Gasteiger partial charge in [0.2, 0.25) is 5.91 Å². The lowest BCUT2D eigenvalue weighted by Crippen LogP contribution is -2.43. The van der Waals surface area contributed by atoms with E-state index in [0.29, 0.717) is 40.0 Å². The monoisotopic (exact) mass is 639 g/mol. The van der Waals surface area contributed by atoms with E-state index in [-0.39, 0.29) is 37.1 Å². The van der Waals surface area contributed by atoms with Crippen LogP contribution in [-0.2, 0) is 30.7 Å². The number of nitrogens with one attached hydrogen (secondary N) is 1. The third-order valence-electron chi connectivity index (χ3n) is 7.17. The van der Waals surface area contributed by atoms with Crippen molar-refractivity contribution in [1.29, 1.82) is 0 Å². The Hall–Kier alpha value is -4.16. The third kappa shape index (κ3) is 8.76. The average Bonchev–Trinajstić information content (AvgIpc) is 3.78. The first kappa shape index (κ1) is 34.7. The van der Waals surface area contributed by atoms with Crippen molar-refractivity contribution in [3.05, 3.63) is 53.1 Å². The number of nitrogens with zero attached hydrogens (tertiary/aromatic N) is 2. The zero-order chi connectivity index (χ0) is 33.8. The van der Waals surface area contributed by atoms with Crippen LogP contribution in [0.15, 0.2) is 36.4 Å². The van der Waals surface area contributed by atoms with E-state index in [1.54, 1.807) is 64.6 Å². The Labute approximate surface area is 270 Å². The molecule has 12 nitrogen and oxygen atoms in total. The number of rotatable bonds is 12. The van der Waals surface area contributed by atoms with Crippen molar-refractivity contribution in [2.75, 3.05) is 19.0 Å². The highest BCUT2D eigenvalue weighted by Gasteiger charge is 2.39. The molecule has 46 heavy (non-hydrogen) atoms. The van der Waals surface area contributed by atoms with Gasteiger partial charge in [-0.2, -0.15) is 4.89 Å². The predicted molar refractivity (Wildman–Crippen MR) is 169 cm³/mol. The standard InChI is InChI=1S/C34H45N3O9/c1-9-43-27-19-22(15-17-26(27)42-8)25(16-18-28(38)37(45-33(2,3)4)32(41)44-46-34(5,6)7)36-20-23-11-10-12-24(29(23)31(36)40)35-30(39)21-13-14-21/h10-12,15,17,19,21,25H,9,13-14,16,18,20H2,1-8H3,(H,35,39)/t25-/m1/s1. The van der Waals surface area contributed by atoms with E-state index in [1.165, 1.54) is 7.11 Å². The Morgan fingerprint density at radius 1 is 1.02 bits per heavy atom. The van der Waals surface area contributed by atoms with Gasteiger partial charge in [-0.3, -0.25) is 24.1 Å². The van der Waals surface area contributed by atoms with Crippen molar-refractivity contribution >= 4 is 29.5 Å². The lowest BCUT2D eigenvalue weighted by atomic mass is 9.99. The molecule has 4 rings (SSSR count). The summed E-state index contributed by atoms with van der Waals surface area (Å²) in [6, 6.07) is 10.1. The van der Waals surface area contributed by atoms with Gasteiger partial charge >= 0.3 is 6.09 Å². The van der Waals surface area contributed by atoms with E-state index in [2.05, 4.69) is 5.32 Å². The van der Waals surface area contributed by atoms with Gasteiger partial charge in [0.1, 0.15) is 5.60 Å². The Bertz CT molecular complexity index is 1460. The molecule has 0 bridgehead atoms. The van der Waals surface area contributed by atoms with Crippen molar-refractivity contribution in [1.82, 2.24) is 9.96 Å². The minimum absolute atomic E-state index is 0.0303. The van der Waals surface area contributed by atoms with Gasteiger partial charge < -0.3 is 19.7 Å². The van der Waals surface area contributed by atoms with Gasteiger partial charge in [-0.25, -0.2) is 4.79 Å². The molecule has 4 amide bonds. The minimum Gasteiger partial charge on any atom is -0.493 e. The first-order valence-electron chi connectivity index (χ1n) is 15.6. The first-order valence-corrected chi connectivity index (χ1v) is 15.6. The van der Waals surface area contributed by atoms with Crippen LogP contribution in [0.3, 0.4) is 0 Å². The van der Waals surface area contributed by atoms with Crippen molar-refractivity contribution < 1.29 is 43.3 Å². The van der Waals surface area contributed by atoms with Crippen molar-refractivity contribution in [2.24, 2.45) is 5.92 Å². The number of benzene rings is 2. The number of imide groups is 1. The summed E-state index contributed by atoms with van der Waals surface area (Å²) in [6.07, 6.45) is 0.491. The first-order chi connectivity index (χ1) is 21.6. The van der Waals surface area contributed by atoms with Crippen LogP contribution in [0.1, 0.15) is 102 Å². The highest BCUT2D eigenvalue weighted by atomic mass is 17.2. The van der Waals surface area contributed by atoms with Crippen LogP contribution in [0.2, 0.25) is 0 Å². The van der Waals surface area contributed by atoms with E-state index in [9.17, 15) is 19.2 Å². The molecule has 2 aromatic carbocycles. The maximum absolute atomic E-state index is 14.1. The molecule has 2 aromatic rings. The van der Waals surface area contributed by atoms with Gasteiger partial charge in [0.15, 0.2) is 11.5 Å². The number of hydrogen-bond donors (Lipinski definition) is 1. The zero-order valence-corrected chi connectivity index (χ0v) is 27.9. The molecule has 1 saturated carbocycles.